The van der Waals surface area contributed by atoms with Gasteiger partial charge >= 0.3 is 0 Å². The molecule has 94 valence electrons. The van der Waals surface area contributed by atoms with Crippen molar-refractivity contribution in [3.63, 3.8) is 0 Å². The maximum Gasteiger partial charge on any atom is 0.244 e. The topological polar surface area (TPSA) is 80.0 Å². The highest BCUT2D eigenvalue weighted by Gasteiger charge is 2.31. The number of nitrogens with one attached hydrogen (secondary N) is 1. The van der Waals surface area contributed by atoms with Crippen molar-refractivity contribution in [2.45, 2.75) is 44.2 Å². The Morgan fingerprint density at radius 3 is 2.88 bits per heavy atom. The molecule has 17 heavy (non-hydrogen) atoms. The van der Waals surface area contributed by atoms with Crippen molar-refractivity contribution in [3.8, 4) is 0 Å². The molecule has 1 fully saturated rings. The minimum absolute atomic E-state index is 0.143. The molecule has 1 saturated carbocycles. The zero-order valence-electron chi connectivity index (χ0n) is 9.96. The number of rotatable bonds is 4. The first kappa shape index (κ1) is 12.0. The summed E-state index contributed by atoms with van der Waals surface area (Å²) in [5, 5.41) is 16.8. The van der Waals surface area contributed by atoms with Crippen LogP contribution in [0.5, 0.6) is 0 Å². The van der Waals surface area contributed by atoms with Gasteiger partial charge in [-0.05, 0) is 19.8 Å². The first-order valence-corrected chi connectivity index (χ1v) is 5.95. The molecule has 1 aliphatic carbocycles. The van der Waals surface area contributed by atoms with Gasteiger partial charge in [-0.1, -0.05) is 12.8 Å². The highest BCUT2D eigenvalue weighted by atomic mass is 16.3. The Kier molecular flexibility index (Phi) is 3.42. The number of hydrogen-bond acceptors (Lipinski definition) is 4. The fraction of sp³-hybridized carbons (Fsp3) is 0.727. The molecule has 0 aromatic carbocycles. The van der Waals surface area contributed by atoms with Crippen molar-refractivity contribution >= 4 is 5.91 Å². The average molecular weight is 238 g/mol. The Morgan fingerprint density at radius 1 is 1.59 bits per heavy atom. The van der Waals surface area contributed by atoms with Crippen LogP contribution >= 0.6 is 0 Å². The predicted octanol–water partition coefficient (Wildman–Crippen LogP) is 0.260. The largest absolute Gasteiger partial charge is 0.388 e. The van der Waals surface area contributed by atoms with Crippen molar-refractivity contribution in [1.29, 1.82) is 0 Å². The number of carbonyl (C=O) groups is 1. The van der Waals surface area contributed by atoms with E-state index in [4.69, 9.17) is 0 Å². The van der Waals surface area contributed by atoms with Gasteiger partial charge in [0.05, 0.1) is 5.60 Å². The van der Waals surface area contributed by atoms with Crippen LogP contribution in [0.4, 0.5) is 0 Å². The number of aromatic nitrogens is 3. The predicted molar refractivity (Wildman–Crippen MR) is 61.2 cm³/mol. The van der Waals surface area contributed by atoms with E-state index in [1.54, 1.807) is 6.92 Å². The van der Waals surface area contributed by atoms with Crippen LogP contribution in [-0.4, -0.2) is 37.9 Å². The summed E-state index contributed by atoms with van der Waals surface area (Å²) in [6.07, 6.45) is 6.51. The summed E-state index contributed by atoms with van der Waals surface area (Å²) in [7, 11) is 0. The van der Waals surface area contributed by atoms with Gasteiger partial charge in [0, 0.05) is 6.54 Å². The maximum absolute atomic E-state index is 11.8. The third-order valence-corrected chi connectivity index (χ3v) is 3.34. The molecule has 0 radical (unpaired) electrons. The maximum atomic E-state index is 11.8. The summed E-state index contributed by atoms with van der Waals surface area (Å²) in [6.45, 7) is 2.08. The lowest BCUT2D eigenvalue weighted by molar-refractivity contribution is -0.125. The highest BCUT2D eigenvalue weighted by Crippen LogP contribution is 2.28. The van der Waals surface area contributed by atoms with E-state index < -0.39 is 11.6 Å². The van der Waals surface area contributed by atoms with Gasteiger partial charge in [-0.25, -0.2) is 9.67 Å². The molecular formula is C11H18N4O2. The number of carbonyl (C=O) groups excluding carboxylic acids is 1. The van der Waals surface area contributed by atoms with Gasteiger partial charge in [0.1, 0.15) is 18.7 Å². The van der Waals surface area contributed by atoms with Gasteiger partial charge < -0.3 is 10.4 Å². The second kappa shape index (κ2) is 4.83. The molecule has 1 aromatic heterocycles. The number of amides is 1. The molecule has 0 saturated heterocycles. The normalized spacial score (nSPS) is 20.1. The molecule has 6 nitrogen and oxygen atoms in total. The van der Waals surface area contributed by atoms with E-state index in [1.807, 2.05) is 0 Å². The van der Waals surface area contributed by atoms with E-state index in [0.717, 1.165) is 25.7 Å². The molecule has 0 bridgehead atoms. The number of aliphatic hydroxyl groups is 1. The van der Waals surface area contributed by atoms with Crippen molar-refractivity contribution in [3.05, 3.63) is 12.7 Å². The highest BCUT2D eigenvalue weighted by molar-refractivity contribution is 5.79. The lowest BCUT2D eigenvalue weighted by atomic mass is 10.0. The van der Waals surface area contributed by atoms with Crippen LogP contribution < -0.4 is 5.32 Å². The van der Waals surface area contributed by atoms with Crippen molar-refractivity contribution < 1.29 is 9.90 Å². The molecule has 0 spiro atoms. The average Bonchev–Trinajstić information content (AvgIpc) is 2.96. The first-order valence-electron chi connectivity index (χ1n) is 5.95. The number of hydrogen-bond donors (Lipinski definition) is 2. The molecule has 1 aromatic rings. The van der Waals surface area contributed by atoms with Crippen LogP contribution in [0.2, 0.25) is 0 Å². The summed E-state index contributed by atoms with van der Waals surface area (Å²) in [5.74, 6) is -0.143. The van der Waals surface area contributed by atoms with E-state index in [-0.39, 0.29) is 5.91 Å². The summed E-state index contributed by atoms with van der Waals surface area (Å²) >= 11 is 0. The Hall–Kier alpha value is -1.43. The molecular weight excluding hydrogens is 220 g/mol. The lowest BCUT2D eigenvalue weighted by Gasteiger charge is -2.23. The van der Waals surface area contributed by atoms with Gasteiger partial charge in [-0.3, -0.25) is 4.79 Å². The van der Waals surface area contributed by atoms with E-state index in [2.05, 4.69) is 15.4 Å². The third kappa shape index (κ3) is 2.82. The Labute approximate surface area is 100 Å². The molecule has 2 N–H and O–H groups in total. The second-order valence-electron chi connectivity index (χ2n) is 4.70. The van der Waals surface area contributed by atoms with Gasteiger partial charge in [0.2, 0.25) is 5.91 Å². The summed E-state index contributed by atoms with van der Waals surface area (Å²) in [4.78, 5) is 15.6. The van der Waals surface area contributed by atoms with Crippen molar-refractivity contribution in [2.75, 3.05) is 6.54 Å². The zero-order valence-corrected chi connectivity index (χ0v) is 9.96. The van der Waals surface area contributed by atoms with Crippen molar-refractivity contribution in [1.82, 2.24) is 20.1 Å². The monoisotopic (exact) mass is 238 g/mol. The molecule has 0 aliphatic heterocycles. The fourth-order valence-electron chi connectivity index (χ4n) is 2.15. The molecule has 6 heteroatoms. The van der Waals surface area contributed by atoms with Gasteiger partial charge in [0.25, 0.3) is 0 Å². The van der Waals surface area contributed by atoms with Crippen LogP contribution in [0.3, 0.4) is 0 Å². The van der Waals surface area contributed by atoms with Crippen LogP contribution in [0.1, 0.15) is 38.6 Å². The fourth-order valence-corrected chi connectivity index (χ4v) is 2.15. The van der Waals surface area contributed by atoms with Crippen LogP contribution in [0.15, 0.2) is 12.7 Å². The molecule has 2 rings (SSSR count). The molecule has 1 aliphatic rings. The molecule has 1 unspecified atom stereocenters. The van der Waals surface area contributed by atoms with Crippen molar-refractivity contribution in [2.24, 2.45) is 0 Å². The Balaban J connectivity index is 1.85. The van der Waals surface area contributed by atoms with Crippen LogP contribution in [0.25, 0.3) is 0 Å². The Morgan fingerprint density at radius 2 is 2.29 bits per heavy atom. The smallest absolute Gasteiger partial charge is 0.244 e. The minimum Gasteiger partial charge on any atom is -0.388 e. The van der Waals surface area contributed by atoms with E-state index in [0.29, 0.717) is 6.54 Å². The van der Waals surface area contributed by atoms with Gasteiger partial charge in [0.15, 0.2) is 0 Å². The van der Waals surface area contributed by atoms with E-state index in [9.17, 15) is 9.90 Å². The SMILES string of the molecule is CC(C(=O)NCC1(O)CCCC1)n1cncn1. The standard InChI is InChI=1S/C11H18N4O2/c1-9(15-8-12-7-14-15)10(16)13-6-11(17)4-2-3-5-11/h7-9,17H,2-6H2,1H3,(H,13,16). The summed E-state index contributed by atoms with van der Waals surface area (Å²) in [6, 6.07) is -0.400. The van der Waals surface area contributed by atoms with Crippen LogP contribution in [-0.2, 0) is 4.79 Å². The summed E-state index contributed by atoms with van der Waals surface area (Å²) < 4.78 is 1.49. The molecule has 1 heterocycles. The second-order valence-corrected chi connectivity index (χ2v) is 4.70. The van der Waals surface area contributed by atoms with Gasteiger partial charge in [-0.15, -0.1) is 0 Å². The molecule has 1 amide bonds. The van der Waals surface area contributed by atoms with E-state index in [1.165, 1.54) is 17.3 Å². The molecule has 1 atom stereocenters. The van der Waals surface area contributed by atoms with Crippen LogP contribution in [0, 0.1) is 0 Å². The first-order chi connectivity index (χ1) is 8.11. The quantitative estimate of drug-likeness (QED) is 0.788. The summed E-state index contributed by atoms with van der Waals surface area (Å²) in [5.41, 5.74) is -0.711. The number of nitrogens with zero attached hydrogens (tertiary/aromatic N) is 3. The van der Waals surface area contributed by atoms with E-state index >= 15 is 0 Å². The zero-order chi connectivity index (χ0) is 12.3. The lowest BCUT2D eigenvalue weighted by Crippen LogP contribution is -2.43. The third-order valence-electron chi connectivity index (χ3n) is 3.34. The minimum atomic E-state index is -0.711. The van der Waals surface area contributed by atoms with Gasteiger partial charge in [-0.2, -0.15) is 5.10 Å². The Bertz CT molecular complexity index is 371.